The minimum atomic E-state index is -0.0397. The monoisotopic (exact) mass is 225 g/mol. The number of rotatable bonds is 6. The third kappa shape index (κ3) is 2.41. The quantitative estimate of drug-likeness (QED) is 0.790. The first-order valence-corrected chi connectivity index (χ1v) is 5.85. The van der Waals surface area contributed by atoms with Crippen molar-refractivity contribution in [2.75, 3.05) is 13.7 Å². The summed E-state index contributed by atoms with van der Waals surface area (Å²) < 4.78 is 11.1. The van der Waals surface area contributed by atoms with Crippen LogP contribution in [0.5, 0.6) is 0 Å². The van der Waals surface area contributed by atoms with E-state index < -0.39 is 0 Å². The maximum Gasteiger partial charge on any atom is 0.230 e. The van der Waals surface area contributed by atoms with Gasteiger partial charge < -0.3 is 14.5 Å². The van der Waals surface area contributed by atoms with Crippen molar-refractivity contribution in [2.45, 2.75) is 44.8 Å². The summed E-state index contributed by atoms with van der Waals surface area (Å²) in [6.07, 6.45) is 4.15. The smallest absolute Gasteiger partial charge is 0.230 e. The number of hydrogen-bond acceptors (Lipinski definition) is 5. The fourth-order valence-corrected chi connectivity index (χ4v) is 1.96. The van der Waals surface area contributed by atoms with Crippen molar-refractivity contribution in [3.05, 3.63) is 11.8 Å². The van der Waals surface area contributed by atoms with Crippen molar-refractivity contribution in [1.82, 2.24) is 15.5 Å². The molecule has 1 saturated carbocycles. The molecule has 1 heterocycles. The second kappa shape index (κ2) is 4.93. The van der Waals surface area contributed by atoms with Crippen LogP contribution in [0, 0.1) is 0 Å². The zero-order chi connectivity index (χ0) is 11.4. The largest absolute Gasteiger partial charge is 0.424 e. The van der Waals surface area contributed by atoms with Gasteiger partial charge in [-0.3, -0.25) is 0 Å². The topological polar surface area (TPSA) is 60.2 Å². The molecule has 2 rings (SSSR count). The van der Waals surface area contributed by atoms with E-state index in [1.54, 1.807) is 7.11 Å². The molecule has 5 nitrogen and oxygen atoms in total. The van der Waals surface area contributed by atoms with Gasteiger partial charge in [-0.2, -0.15) is 0 Å². The summed E-state index contributed by atoms with van der Waals surface area (Å²) in [6.45, 7) is 3.59. The van der Waals surface area contributed by atoms with Gasteiger partial charge in [-0.15, -0.1) is 10.2 Å². The Labute approximate surface area is 95.6 Å². The molecule has 90 valence electrons. The van der Waals surface area contributed by atoms with Gasteiger partial charge in [0.2, 0.25) is 11.8 Å². The standard InChI is InChI=1S/C11H19N3O2/c1-3-12-8-10-14-13-9(16-10)7-11(15-2)5-4-6-11/h12H,3-8H2,1-2H3. The summed E-state index contributed by atoms with van der Waals surface area (Å²) >= 11 is 0. The van der Waals surface area contributed by atoms with E-state index in [2.05, 4.69) is 15.5 Å². The van der Waals surface area contributed by atoms with Gasteiger partial charge in [0.1, 0.15) is 0 Å². The van der Waals surface area contributed by atoms with Crippen molar-refractivity contribution in [1.29, 1.82) is 0 Å². The molecular formula is C11H19N3O2. The van der Waals surface area contributed by atoms with Crippen molar-refractivity contribution < 1.29 is 9.15 Å². The molecule has 0 bridgehead atoms. The molecule has 0 spiro atoms. The molecule has 0 saturated heterocycles. The van der Waals surface area contributed by atoms with E-state index in [9.17, 15) is 0 Å². The van der Waals surface area contributed by atoms with Crippen LogP contribution in [-0.4, -0.2) is 29.5 Å². The molecule has 1 aliphatic carbocycles. The molecule has 0 atom stereocenters. The molecule has 1 aliphatic rings. The lowest BCUT2D eigenvalue weighted by Crippen LogP contribution is -2.41. The molecule has 0 amide bonds. The summed E-state index contributed by atoms with van der Waals surface area (Å²) in [5.41, 5.74) is -0.0397. The average Bonchev–Trinajstić information content (AvgIpc) is 2.68. The number of aromatic nitrogens is 2. The molecule has 16 heavy (non-hydrogen) atoms. The molecular weight excluding hydrogens is 206 g/mol. The first-order chi connectivity index (χ1) is 7.78. The van der Waals surface area contributed by atoms with Crippen LogP contribution < -0.4 is 5.32 Å². The molecule has 1 aromatic heterocycles. The molecule has 5 heteroatoms. The fraction of sp³-hybridized carbons (Fsp3) is 0.818. The van der Waals surface area contributed by atoms with Gasteiger partial charge in [0.25, 0.3) is 0 Å². The van der Waals surface area contributed by atoms with Crippen LogP contribution in [0.15, 0.2) is 4.42 Å². The lowest BCUT2D eigenvalue weighted by Gasteiger charge is -2.39. The number of methoxy groups -OCH3 is 1. The number of nitrogens with one attached hydrogen (secondary N) is 1. The Morgan fingerprint density at radius 3 is 2.69 bits per heavy atom. The average molecular weight is 225 g/mol. The van der Waals surface area contributed by atoms with E-state index in [0.717, 1.165) is 25.8 Å². The van der Waals surface area contributed by atoms with Crippen LogP contribution in [-0.2, 0) is 17.7 Å². The van der Waals surface area contributed by atoms with Gasteiger partial charge in [-0.25, -0.2) is 0 Å². The highest BCUT2D eigenvalue weighted by Crippen LogP contribution is 2.37. The third-order valence-electron chi connectivity index (χ3n) is 3.21. The Bertz CT molecular complexity index is 328. The zero-order valence-corrected chi connectivity index (χ0v) is 9.95. The fourth-order valence-electron chi connectivity index (χ4n) is 1.96. The first kappa shape index (κ1) is 11.5. The minimum Gasteiger partial charge on any atom is -0.424 e. The maximum atomic E-state index is 5.55. The molecule has 0 aromatic carbocycles. The second-order valence-corrected chi connectivity index (χ2v) is 4.29. The van der Waals surface area contributed by atoms with Crippen LogP contribution >= 0.6 is 0 Å². The summed E-state index contributed by atoms with van der Waals surface area (Å²) in [7, 11) is 1.76. The van der Waals surface area contributed by atoms with Crippen molar-refractivity contribution in [3.63, 3.8) is 0 Å². The van der Waals surface area contributed by atoms with Crippen molar-refractivity contribution in [2.24, 2.45) is 0 Å². The lowest BCUT2D eigenvalue weighted by molar-refractivity contribution is -0.0747. The van der Waals surface area contributed by atoms with Crippen LogP contribution in [0.4, 0.5) is 0 Å². The Hall–Kier alpha value is -0.940. The number of ether oxygens (including phenoxy) is 1. The highest BCUT2D eigenvalue weighted by molar-refractivity contribution is 4.97. The van der Waals surface area contributed by atoms with Crippen molar-refractivity contribution >= 4 is 0 Å². The zero-order valence-electron chi connectivity index (χ0n) is 9.95. The number of nitrogens with zero attached hydrogens (tertiary/aromatic N) is 2. The third-order valence-corrected chi connectivity index (χ3v) is 3.21. The maximum absolute atomic E-state index is 5.55. The van der Waals surface area contributed by atoms with E-state index in [1.807, 2.05) is 6.92 Å². The number of hydrogen-bond donors (Lipinski definition) is 1. The van der Waals surface area contributed by atoms with E-state index in [0.29, 0.717) is 18.3 Å². The van der Waals surface area contributed by atoms with Gasteiger partial charge in [0, 0.05) is 7.11 Å². The van der Waals surface area contributed by atoms with E-state index in [4.69, 9.17) is 9.15 Å². The summed E-state index contributed by atoms with van der Waals surface area (Å²) in [5.74, 6) is 1.34. The summed E-state index contributed by atoms with van der Waals surface area (Å²) in [6, 6.07) is 0. The van der Waals surface area contributed by atoms with Crippen LogP contribution in [0.1, 0.15) is 38.0 Å². The van der Waals surface area contributed by atoms with Gasteiger partial charge in [0.15, 0.2) is 0 Å². The molecule has 0 unspecified atom stereocenters. The second-order valence-electron chi connectivity index (χ2n) is 4.29. The highest BCUT2D eigenvalue weighted by atomic mass is 16.5. The summed E-state index contributed by atoms with van der Waals surface area (Å²) in [4.78, 5) is 0. The highest BCUT2D eigenvalue weighted by Gasteiger charge is 2.38. The van der Waals surface area contributed by atoms with E-state index >= 15 is 0 Å². The molecule has 1 fully saturated rings. The van der Waals surface area contributed by atoms with Gasteiger partial charge in [0.05, 0.1) is 18.6 Å². The molecule has 1 N–H and O–H groups in total. The van der Waals surface area contributed by atoms with Crippen molar-refractivity contribution in [3.8, 4) is 0 Å². The van der Waals surface area contributed by atoms with E-state index in [-0.39, 0.29) is 5.60 Å². The van der Waals surface area contributed by atoms with Crippen LogP contribution in [0.3, 0.4) is 0 Å². The molecule has 0 aliphatic heterocycles. The minimum absolute atomic E-state index is 0.0397. The van der Waals surface area contributed by atoms with Gasteiger partial charge >= 0.3 is 0 Å². The normalized spacial score (nSPS) is 18.4. The Morgan fingerprint density at radius 2 is 2.12 bits per heavy atom. The predicted molar refractivity (Wildman–Crippen MR) is 59.0 cm³/mol. The first-order valence-electron chi connectivity index (χ1n) is 5.85. The van der Waals surface area contributed by atoms with Crippen LogP contribution in [0.25, 0.3) is 0 Å². The van der Waals surface area contributed by atoms with E-state index in [1.165, 1.54) is 6.42 Å². The van der Waals surface area contributed by atoms with Gasteiger partial charge in [-0.05, 0) is 25.8 Å². The lowest BCUT2D eigenvalue weighted by atomic mass is 9.77. The molecule has 0 radical (unpaired) electrons. The predicted octanol–water partition coefficient (Wildman–Crippen LogP) is 1.29. The Kier molecular flexibility index (Phi) is 3.56. The molecule has 1 aromatic rings. The van der Waals surface area contributed by atoms with Gasteiger partial charge in [-0.1, -0.05) is 6.92 Å². The summed E-state index contributed by atoms with van der Waals surface area (Å²) in [5, 5.41) is 11.2. The SMILES string of the molecule is CCNCc1nnc(CC2(OC)CCC2)o1. The van der Waals surface area contributed by atoms with Crippen LogP contribution in [0.2, 0.25) is 0 Å². The Morgan fingerprint density at radius 1 is 1.38 bits per heavy atom. The Balaban J connectivity index is 1.91.